The highest BCUT2D eigenvalue weighted by molar-refractivity contribution is 5.09. The van der Waals surface area contributed by atoms with Gasteiger partial charge in [0.2, 0.25) is 0 Å². The summed E-state index contributed by atoms with van der Waals surface area (Å²) in [6.07, 6.45) is 10.5. The Bertz CT molecular complexity index is 284. The first-order valence-corrected chi connectivity index (χ1v) is 5.94. The van der Waals surface area contributed by atoms with Gasteiger partial charge in [0.05, 0.1) is 0 Å². The molecule has 1 heterocycles. The standard InChI is InChI=1S/C13H20N2/c1-14-13-6-2-4-11(9-13)8-12-5-3-7-15-10-12/h3,5,7,10-11,13-14H,2,4,6,8-9H2,1H3. The summed E-state index contributed by atoms with van der Waals surface area (Å²) < 4.78 is 0. The van der Waals surface area contributed by atoms with Gasteiger partial charge in [0.15, 0.2) is 0 Å². The van der Waals surface area contributed by atoms with Crippen molar-refractivity contribution in [3.63, 3.8) is 0 Å². The van der Waals surface area contributed by atoms with E-state index in [1.165, 1.54) is 37.7 Å². The van der Waals surface area contributed by atoms with Crippen molar-refractivity contribution in [2.24, 2.45) is 5.92 Å². The summed E-state index contributed by atoms with van der Waals surface area (Å²) in [5.41, 5.74) is 1.39. The van der Waals surface area contributed by atoms with E-state index in [0.717, 1.165) is 12.0 Å². The van der Waals surface area contributed by atoms with Crippen LogP contribution < -0.4 is 5.32 Å². The second-order valence-corrected chi connectivity index (χ2v) is 4.58. The summed E-state index contributed by atoms with van der Waals surface area (Å²) in [7, 11) is 2.08. The third-order valence-electron chi connectivity index (χ3n) is 3.44. The molecule has 2 nitrogen and oxygen atoms in total. The molecule has 1 fully saturated rings. The summed E-state index contributed by atoms with van der Waals surface area (Å²) in [5, 5.41) is 3.40. The van der Waals surface area contributed by atoms with E-state index in [0.29, 0.717) is 0 Å². The molecule has 15 heavy (non-hydrogen) atoms. The molecule has 0 amide bonds. The van der Waals surface area contributed by atoms with Gasteiger partial charge in [-0.25, -0.2) is 0 Å². The lowest BCUT2D eigenvalue weighted by Gasteiger charge is -2.28. The van der Waals surface area contributed by atoms with E-state index in [9.17, 15) is 0 Å². The van der Waals surface area contributed by atoms with Crippen molar-refractivity contribution in [3.8, 4) is 0 Å². The van der Waals surface area contributed by atoms with Crippen LogP contribution in [0.3, 0.4) is 0 Å². The van der Waals surface area contributed by atoms with Crippen LogP contribution >= 0.6 is 0 Å². The molecule has 1 saturated carbocycles. The maximum absolute atomic E-state index is 4.17. The lowest BCUT2D eigenvalue weighted by atomic mass is 9.82. The zero-order valence-corrected chi connectivity index (χ0v) is 9.45. The van der Waals surface area contributed by atoms with Gasteiger partial charge in [0, 0.05) is 18.4 Å². The number of nitrogens with one attached hydrogen (secondary N) is 1. The topological polar surface area (TPSA) is 24.9 Å². The van der Waals surface area contributed by atoms with Crippen LogP contribution in [0.5, 0.6) is 0 Å². The van der Waals surface area contributed by atoms with Crippen molar-refractivity contribution >= 4 is 0 Å². The molecule has 0 saturated heterocycles. The number of hydrogen-bond donors (Lipinski definition) is 1. The number of nitrogens with zero attached hydrogens (tertiary/aromatic N) is 1. The molecule has 82 valence electrons. The van der Waals surface area contributed by atoms with Crippen molar-refractivity contribution in [1.29, 1.82) is 0 Å². The maximum atomic E-state index is 4.17. The Hall–Kier alpha value is -0.890. The third-order valence-corrected chi connectivity index (χ3v) is 3.44. The fourth-order valence-electron chi connectivity index (χ4n) is 2.59. The number of hydrogen-bond acceptors (Lipinski definition) is 2. The predicted octanol–water partition coefficient (Wildman–Crippen LogP) is 2.40. The number of rotatable bonds is 3. The zero-order valence-electron chi connectivity index (χ0n) is 9.45. The van der Waals surface area contributed by atoms with E-state index in [-0.39, 0.29) is 0 Å². The van der Waals surface area contributed by atoms with Gasteiger partial charge in [0.1, 0.15) is 0 Å². The Kier molecular flexibility index (Phi) is 3.73. The van der Waals surface area contributed by atoms with Crippen LogP contribution in [0.4, 0.5) is 0 Å². The molecule has 0 spiro atoms. The van der Waals surface area contributed by atoms with Crippen LogP contribution in [-0.4, -0.2) is 18.1 Å². The highest BCUT2D eigenvalue weighted by Crippen LogP contribution is 2.26. The van der Waals surface area contributed by atoms with Gasteiger partial charge in [-0.1, -0.05) is 18.9 Å². The predicted molar refractivity (Wildman–Crippen MR) is 62.7 cm³/mol. The lowest BCUT2D eigenvalue weighted by Crippen LogP contribution is -2.31. The van der Waals surface area contributed by atoms with E-state index in [1.54, 1.807) is 0 Å². The summed E-state index contributed by atoms with van der Waals surface area (Å²) in [5.74, 6) is 0.848. The van der Waals surface area contributed by atoms with Gasteiger partial charge in [0.25, 0.3) is 0 Å². The van der Waals surface area contributed by atoms with Gasteiger partial charge >= 0.3 is 0 Å². The SMILES string of the molecule is CNC1CCCC(Cc2cccnc2)C1. The monoisotopic (exact) mass is 204 g/mol. The highest BCUT2D eigenvalue weighted by Gasteiger charge is 2.20. The molecule has 0 bridgehead atoms. The summed E-state index contributed by atoms with van der Waals surface area (Å²) >= 11 is 0. The number of pyridine rings is 1. The quantitative estimate of drug-likeness (QED) is 0.818. The maximum Gasteiger partial charge on any atom is 0.0299 e. The van der Waals surface area contributed by atoms with E-state index in [1.807, 2.05) is 18.5 Å². The molecule has 2 atom stereocenters. The Morgan fingerprint density at radius 1 is 1.47 bits per heavy atom. The molecule has 0 aliphatic heterocycles. The Labute approximate surface area is 92.1 Å². The molecule has 1 aliphatic rings. The second kappa shape index (κ2) is 5.26. The average molecular weight is 204 g/mol. The number of aromatic nitrogens is 1. The van der Waals surface area contributed by atoms with Crippen LogP contribution in [0.15, 0.2) is 24.5 Å². The molecule has 1 aliphatic carbocycles. The molecule has 1 aromatic heterocycles. The fraction of sp³-hybridized carbons (Fsp3) is 0.615. The first-order chi connectivity index (χ1) is 7.38. The third kappa shape index (κ3) is 3.03. The minimum absolute atomic E-state index is 0.737. The summed E-state index contributed by atoms with van der Waals surface area (Å²) in [6.45, 7) is 0. The van der Waals surface area contributed by atoms with Gasteiger partial charge in [-0.2, -0.15) is 0 Å². The normalized spacial score (nSPS) is 26.5. The molecule has 2 rings (SSSR count). The lowest BCUT2D eigenvalue weighted by molar-refractivity contribution is 0.294. The van der Waals surface area contributed by atoms with Crippen molar-refractivity contribution in [3.05, 3.63) is 30.1 Å². The van der Waals surface area contributed by atoms with Crippen molar-refractivity contribution in [2.45, 2.75) is 38.1 Å². The summed E-state index contributed by atoms with van der Waals surface area (Å²) in [4.78, 5) is 4.17. The first-order valence-electron chi connectivity index (χ1n) is 5.94. The smallest absolute Gasteiger partial charge is 0.0299 e. The molecule has 0 radical (unpaired) electrons. The van der Waals surface area contributed by atoms with Crippen molar-refractivity contribution in [1.82, 2.24) is 10.3 Å². The Morgan fingerprint density at radius 3 is 3.13 bits per heavy atom. The van der Waals surface area contributed by atoms with Crippen LogP contribution in [0.2, 0.25) is 0 Å². The van der Waals surface area contributed by atoms with Crippen molar-refractivity contribution in [2.75, 3.05) is 7.05 Å². The van der Waals surface area contributed by atoms with E-state index in [4.69, 9.17) is 0 Å². The molecule has 1 aromatic rings. The summed E-state index contributed by atoms with van der Waals surface area (Å²) in [6, 6.07) is 4.96. The van der Waals surface area contributed by atoms with Crippen molar-refractivity contribution < 1.29 is 0 Å². The van der Waals surface area contributed by atoms with Crippen LogP contribution in [0.25, 0.3) is 0 Å². The molecular weight excluding hydrogens is 184 g/mol. The molecule has 1 N–H and O–H groups in total. The molecule has 0 aromatic carbocycles. The minimum Gasteiger partial charge on any atom is -0.317 e. The Morgan fingerprint density at radius 2 is 2.40 bits per heavy atom. The molecule has 2 unspecified atom stereocenters. The minimum atomic E-state index is 0.737. The first kappa shape index (κ1) is 10.6. The fourth-order valence-corrected chi connectivity index (χ4v) is 2.59. The zero-order chi connectivity index (χ0) is 10.5. The van der Waals surface area contributed by atoms with E-state index < -0.39 is 0 Å². The second-order valence-electron chi connectivity index (χ2n) is 4.58. The Balaban J connectivity index is 1.89. The van der Waals surface area contributed by atoms with E-state index in [2.05, 4.69) is 23.4 Å². The molecule has 2 heteroatoms. The molecular formula is C13H20N2. The van der Waals surface area contributed by atoms with Crippen LogP contribution in [-0.2, 0) is 6.42 Å². The van der Waals surface area contributed by atoms with Gasteiger partial charge < -0.3 is 5.32 Å². The van der Waals surface area contributed by atoms with Gasteiger partial charge in [-0.05, 0) is 43.9 Å². The van der Waals surface area contributed by atoms with Crippen LogP contribution in [0, 0.1) is 5.92 Å². The highest BCUT2D eigenvalue weighted by atomic mass is 14.9. The van der Waals surface area contributed by atoms with Crippen LogP contribution in [0.1, 0.15) is 31.2 Å². The average Bonchev–Trinajstić information content (AvgIpc) is 2.31. The van der Waals surface area contributed by atoms with E-state index >= 15 is 0 Å². The largest absolute Gasteiger partial charge is 0.317 e. The van der Waals surface area contributed by atoms with Gasteiger partial charge in [-0.3, -0.25) is 4.98 Å². The van der Waals surface area contributed by atoms with Gasteiger partial charge in [-0.15, -0.1) is 0 Å².